The molecule has 0 atom stereocenters. The van der Waals surface area contributed by atoms with Crippen molar-refractivity contribution < 1.29 is 19.4 Å². The van der Waals surface area contributed by atoms with E-state index in [1.165, 1.54) is 0 Å². The summed E-state index contributed by atoms with van der Waals surface area (Å²) in [7, 11) is 1.55. The fourth-order valence-electron chi connectivity index (χ4n) is 2.07. The maximum atomic E-state index is 11.9. The van der Waals surface area contributed by atoms with Crippen LogP contribution in [0.3, 0.4) is 0 Å². The number of urea groups is 1. The van der Waals surface area contributed by atoms with Gasteiger partial charge < -0.3 is 20.1 Å². The van der Waals surface area contributed by atoms with E-state index in [9.17, 15) is 9.59 Å². The number of carbonyl (C=O) groups excluding carboxylic acids is 1. The first-order valence-electron chi connectivity index (χ1n) is 6.10. The van der Waals surface area contributed by atoms with E-state index in [0.29, 0.717) is 24.5 Å². The molecule has 1 saturated heterocycles. The average Bonchev–Trinajstić information content (AvgIpc) is 2.31. The van der Waals surface area contributed by atoms with E-state index in [1.807, 2.05) is 0 Å². The fraction of sp³-hybridized carbons (Fsp3) is 0.385. The summed E-state index contributed by atoms with van der Waals surface area (Å²) in [5.74, 6) is -0.135. The molecule has 2 N–H and O–H groups in total. The van der Waals surface area contributed by atoms with Crippen molar-refractivity contribution >= 4 is 33.6 Å². The lowest BCUT2D eigenvalue weighted by atomic mass is 9.97. The zero-order valence-electron chi connectivity index (χ0n) is 10.9. The molecule has 6 nitrogen and oxygen atoms in total. The predicted molar refractivity (Wildman–Crippen MR) is 77.0 cm³/mol. The molecule has 0 spiro atoms. The molecule has 108 valence electrons. The maximum Gasteiger partial charge on any atom is 0.321 e. The van der Waals surface area contributed by atoms with Crippen LogP contribution in [0, 0.1) is 5.92 Å². The number of benzene rings is 1. The Morgan fingerprint density at radius 3 is 2.75 bits per heavy atom. The molecule has 0 saturated carbocycles. The van der Waals surface area contributed by atoms with Crippen LogP contribution in [0.25, 0.3) is 0 Å². The molecule has 2 amide bonds. The van der Waals surface area contributed by atoms with Crippen molar-refractivity contribution in [2.45, 2.75) is 6.42 Å². The van der Waals surface area contributed by atoms with Crippen molar-refractivity contribution in [3.63, 3.8) is 0 Å². The first-order chi connectivity index (χ1) is 9.47. The Morgan fingerprint density at radius 1 is 1.45 bits per heavy atom. The largest absolute Gasteiger partial charge is 0.497 e. The molecule has 1 fully saturated rings. The second-order valence-electron chi connectivity index (χ2n) is 4.68. The van der Waals surface area contributed by atoms with Crippen LogP contribution in [-0.4, -0.2) is 42.2 Å². The molecular formula is C13H15BrN2O4. The van der Waals surface area contributed by atoms with E-state index in [4.69, 9.17) is 9.84 Å². The van der Waals surface area contributed by atoms with Crippen molar-refractivity contribution in [2.75, 3.05) is 25.5 Å². The number of amides is 2. The van der Waals surface area contributed by atoms with Crippen LogP contribution in [0.15, 0.2) is 22.7 Å². The maximum absolute atomic E-state index is 11.9. The Kier molecular flexibility index (Phi) is 4.49. The van der Waals surface area contributed by atoms with E-state index >= 15 is 0 Å². The first-order valence-corrected chi connectivity index (χ1v) is 6.89. The highest BCUT2D eigenvalue weighted by molar-refractivity contribution is 9.10. The van der Waals surface area contributed by atoms with Gasteiger partial charge in [0.05, 0.1) is 13.5 Å². The lowest BCUT2D eigenvalue weighted by molar-refractivity contribution is -0.139. The van der Waals surface area contributed by atoms with Gasteiger partial charge in [0.25, 0.3) is 0 Å². The summed E-state index contributed by atoms with van der Waals surface area (Å²) in [6.07, 6.45) is 0.106. The molecule has 20 heavy (non-hydrogen) atoms. The monoisotopic (exact) mass is 342 g/mol. The number of carboxylic acids is 1. The van der Waals surface area contributed by atoms with Crippen molar-refractivity contribution in [2.24, 2.45) is 5.92 Å². The molecule has 1 aliphatic rings. The van der Waals surface area contributed by atoms with Crippen molar-refractivity contribution in [3.8, 4) is 5.75 Å². The van der Waals surface area contributed by atoms with Crippen LogP contribution in [0.4, 0.5) is 10.5 Å². The molecule has 0 radical (unpaired) electrons. The minimum absolute atomic E-state index is 0.0512. The number of nitrogens with one attached hydrogen (secondary N) is 1. The minimum atomic E-state index is -0.827. The van der Waals surface area contributed by atoms with Gasteiger partial charge in [-0.3, -0.25) is 4.79 Å². The third-order valence-electron chi connectivity index (χ3n) is 3.07. The molecule has 1 aromatic rings. The molecular weight excluding hydrogens is 328 g/mol. The number of anilines is 1. The highest BCUT2D eigenvalue weighted by Gasteiger charge is 2.32. The number of hydrogen-bond donors (Lipinski definition) is 2. The van der Waals surface area contributed by atoms with E-state index in [0.717, 1.165) is 4.47 Å². The highest BCUT2D eigenvalue weighted by atomic mass is 79.9. The number of carbonyl (C=O) groups is 2. The number of aliphatic carboxylic acids is 1. The van der Waals surface area contributed by atoms with E-state index in [-0.39, 0.29) is 18.4 Å². The summed E-state index contributed by atoms with van der Waals surface area (Å²) in [5.41, 5.74) is 0.628. The number of hydrogen-bond acceptors (Lipinski definition) is 3. The van der Waals surface area contributed by atoms with Gasteiger partial charge in [-0.1, -0.05) is 15.9 Å². The summed E-state index contributed by atoms with van der Waals surface area (Å²) in [4.78, 5) is 24.1. The Hall–Kier alpha value is -1.76. The molecule has 7 heteroatoms. The van der Waals surface area contributed by atoms with Gasteiger partial charge in [-0.2, -0.15) is 0 Å². The third kappa shape index (κ3) is 3.63. The SMILES string of the molecule is COc1cc(Br)cc(NC(=O)N2CC(CC(=O)O)C2)c1. The van der Waals surface area contributed by atoms with E-state index in [2.05, 4.69) is 21.2 Å². The summed E-state index contributed by atoms with van der Waals surface area (Å²) in [6.45, 7) is 0.951. The van der Waals surface area contributed by atoms with Crippen LogP contribution in [0.2, 0.25) is 0 Å². The Balaban J connectivity index is 1.90. The summed E-state index contributed by atoms with van der Waals surface area (Å²) >= 11 is 3.34. The molecule has 0 aromatic heterocycles. The van der Waals surface area contributed by atoms with E-state index in [1.54, 1.807) is 30.2 Å². The standard InChI is InChI=1S/C13H15BrN2O4/c1-20-11-4-9(14)3-10(5-11)15-13(19)16-6-8(7-16)2-12(17)18/h3-5,8H,2,6-7H2,1H3,(H,15,19)(H,17,18). The van der Waals surface area contributed by atoms with Gasteiger partial charge in [-0.15, -0.1) is 0 Å². The molecule has 1 aliphatic heterocycles. The predicted octanol–water partition coefficient (Wildman–Crippen LogP) is 2.40. The summed E-state index contributed by atoms with van der Waals surface area (Å²) in [5, 5.41) is 11.4. The van der Waals surface area contributed by atoms with Gasteiger partial charge in [-0.25, -0.2) is 4.79 Å². The molecule has 0 aliphatic carbocycles. The number of methoxy groups -OCH3 is 1. The van der Waals surface area contributed by atoms with Crippen LogP contribution >= 0.6 is 15.9 Å². The number of rotatable bonds is 4. The van der Waals surface area contributed by atoms with Crippen LogP contribution in [0.5, 0.6) is 5.75 Å². The average molecular weight is 343 g/mol. The van der Waals surface area contributed by atoms with Gasteiger partial charge in [0, 0.05) is 35.2 Å². The molecule has 0 bridgehead atoms. The Bertz CT molecular complexity index is 529. The van der Waals surface area contributed by atoms with Crippen molar-refractivity contribution in [1.82, 2.24) is 4.90 Å². The molecule has 0 unspecified atom stereocenters. The fourth-order valence-corrected chi connectivity index (χ4v) is 2.54. The number of carboxylic acid groups (broad SMARTS) is 1. The van der Waals surface area contributed by atoms with Gasteiger partial charge in [0.2, 0.25) is 0 Å². The zero-order valence-corrected chi connectivity index (χ0v) is 12.5. The van der Waals surface area contributed by atoms with Crippen molar-refractivity contribution in [1.29, 1.82) is 0 Å². The third-order valence-corrected chi connectivity index (χ3v) is 3.52. The summed E-state index contributed by atoms with van der Waals surface area (Å²) in [6, 6.07) is 5.06. The summed E-state index contributed by atoms with van der Waals surface area (Å²) < 4.78 is 5.92. The van der Waals surface area contributed by atoms with Crippen LogP contribution in [0.1, 0.15) is 6.42 Å². The highest BCUT2D eigenvalue weighted by Crippen LogP contribution is 2.26. The second kappa shape index (κ2) is 6.13. The van der Waals surface area contributed by atoms with Gasteiger partial charge in [0.1, 0.15) is 5.75 Å². The Labute approximate surface area is 124 Å². The number of ether oxygens (including phenoxy) is 1. The molecule has 1 aromatic carbocycles. The molecule has 2 rings (SSSR count). The topological polar surface area (TPSA) is 78.9 Å². The quantitative estimate of drug-likeness (QED) is 0.880. The normalized spacial score (nSPS) is 14.6. The number of halogens is 1. The molecule has 1 heterocycles. The lowest BCUT2D eigenvalue weighted by Crippen LogP contribution is -2.52. The Morgan fingerprint density at radius 2 is 2.15 bits per heavy atom. The second-order valence-corrected chi connectivity index (χ2v) is 5.59. The zero-order chi connectivity index (χ0) is 14.7. The van der Waals surface area contributed by atoms with Crippen molar-refractivity contribution in [3.05, 3.63) is 22.7 Å². The first kappa shape index (κ1) is 14.6. The van der Waals surface area contributed by atoms with Gasteiger partial charge in [-0.05, 0) is 12.1 Å². The van der Waals surface area contributed by atoms with Gasteiger partial charge in [0.15, 0.2) is 0 Å². The number of likely N-dealkylation sites (tertiary alicyclic amines) is 1. The smallest absolute Gasteiger partial charge is 0.321 e. The van der Waals surface area contributed by atoms with Crippen LogP contribution in [-0.2, 0) is 4.79 Å². The van der Waals surface area contributed by atoms with Crippen LogP contribution < -0.4 is 10.1 Å². The number of nitrogens with zero attached hydrogens (tertiary/aromatic N) is 1. The van der Waals surface area contributed by atoms with Gasteiger partial charge >= 0.3 is 12.0 Å². The minimum Gasteiger partial charge on any atom is -0.497 e. The lowest BCUT2D eigenvalue weighted by Gasteiger charge is -2.38. The van der Waals surface area contributed by atoms with E-state index < -0.39 is 5.97 Å².